The topological polar surface area (TPSA) is 12.9 Å². The van der Waals surface area contributed by atoms with E-state index in [-0.39, 0.29) is 0 Å². The highest BCUT2D eigenvalue weighted by Crippen LogP contribution is 2.69. The SMILES string of the molecule is CCC12CC3CC1CC2Cc1cc2c(-c4ccccc4)nccc2cc13. The van der Waals surface area contributed by atoms with Gasteiger partial charge in [0, 0.05) is 17.1 Å². The molecule has 0 spiro atoms. The summed E-state index contributed by atoms with van der Waals surface area (Å²) >= 11 is 0. The number of benzene rings is 2. The largest absolute Gasteiger partial charge is 0.256 e. The van der Waals surface area contributed by atoms with Crippen LogP contribution in [0.2, 0.25) is 0 Å². The lowest BCUT2D eigenvalue weighted by Crippen LogP contribution is -2.46. The molecule has 1 nitrogen and oxygen atoms in total. The zero-order chi connectivity index (χ0) is 17.3. The van der Waals surface area contributed by atoms with Gasteiger partial charge in [-0.05, 0) is 83.9 Å². The Bertz CT molecular complexity index is 1010. The van der Waals surface area contributed by atoms with Gasteiger partial charge in [-0.15, -0.1) is 0 Å². The van der Waals surface area contributed by atoms with E-state index in [0.29, 0.717) is 5.41 Å². The molecule has 2 bridgehead atoms. The van der Waals surface area contributed by atoms with E-state index in [1.54, 1.807) is 11.1 Å². The van der Waals surface area contributed by atoms with E-state index >= 15 is 0 Å². The Morgan fingerprint density at radius 3 is 2.77 bits per heavy atom. The first kappa shape index (κ1) is 15.0. The average molecular weight is 339 g/mol. The molecule has 2 saturated carbocycles. The van der Waals surface area contributed by atoms with Crippen molar-refractivity contribution in [3.63, 3.8) is 0 Å². The van der Waals surface area contributed by atoms with Crippen LogP contribution >= 0.6 is 0 Å². The van der Waals surface area contributed by atoms with Gasteiger partial charge in [-0.2, -0.15) is 0 Å². The van der Waals surface area contributed by atoms with Crippen LogP contribution in [0.4, 0.5) is 0 Å². The second kappa shape index (κ2) is 5.19. The molecule has 0 N–H and O–H groups in total. The van der Waals surface area contributed by atoms with E-state index in [4.69, 9.17) is 4.98 Å². The molecule has 6 rings (SSSR count). The van der Waals surface area contributed by atoms with E-state index in [2.05, 4.69) is 55.5 Å². The van der Waals surface area contributed by atoms with E-state index in [1.165, 1.54) is 48.4 Å². The first-order valence-corrected chi connectivity index (χ1v) is 10.3. The van der Waals surface area contributed by atoms with E-state index in [1.807, 2.05) is 6.20 Å². The minimum Gasteiger partial charge on any atom is -0.256 e. The lowest BCUT2D eigenvalue weighted by molar-refractivity contribution is -0.0297. The Kier molecular flexibility index (Phi) is 2.99. The van der Waals surface area contributed by atoms with Gasteiger partial charge in [-0.25, -0.2) is 0 Å². The maximum absolute atomic E-state index is 4.76. The molecule has 4 atom stereocenters. The van der Waals surface area contributed by atoms with Gasteiger partial charge in [0.1, 0.15) is 0 Å². The van der Waals surface area contributed by atoms with Gasteiger partial charge in [-0.1, -0.05) is 43.3 Å². The zero-order valence-corrected chi connectivity index (χ0v) is 15.4. The number of aromatic nitrogens is 1. The van der Waals surface area contributed by atoms with Crippen molar-refractivity contribution in [2.24, 2.45) is 17.3 Å². The Morgan fingerprint density at radius 2 is 1.92 bits per heavy atom. The van der Waals surface area contributed by atoms with Gasteiger partial charge in [0.2, 0.25) is 0 Å². The third-order valence-corrected chi connectivity index (χ3v) is 8.03. The standard InChI is InChI=1S/C25H25N/c1-2-25-15-19-11-21(25)14-20(25)10-18-13-23-17(12-22(18)19)8-9-26-24(23)16-6-4-3-5-7-16/h3-9,12-13,19-21H,2,10-11,14-15H2,1H3. The molecule has 0 saturated heterocycles. The highest BCUT2D eigenvalue weighted by atomic mass is 14.7. The summed E-state index contributed by atoms with van der Waals surface area (Å²) in [6.07, 6.45) is 8.99. The molecule has 26 heavy (non-hydrogen) atoms. The predicted molar refractivity (Wildman–Crippen MR) is 107 cm³/mol. The van der Waals surface area contributed by atoms with Gasteiger partial charge in [0.25, 0.3) is 0 Å². The average Bonchev–Trinajstić information content (AvgIpc) is 2.92. The minimum atomic E-state index is 0.663. The molecule has 1 heterocycles. The smallest absolute Gasteiger partial charge is 0.0780 e. The first-order chi connectivity index (χ1) is 12.8. The number of hydrogen-bond acceptors (Lipinski definition) is 1. The summed E-state index contributed by atoms with van der Waals surface area (Å²) in [6.45, 7) is 2.44. The number of nitrogens with zero attached hydrogens (tertiary/aromatic N) is 1. The maximum Gasteiger partial charge on any atom is 0.0780 e. The summed E-state index contributed by atoms with van der Waals surface area (Å²) in [7, 11) is 0. The summed E-state index contributed by atoms with van der Waals surface area (Å²) in [6, 6.07) is 17.9. The first-order valence-electron chi connectivity index (χ1n) is 10.3. The molecule has 130 valence electrons. The maximum atomic E-state index is 4.76. The summed E-state index contributed by atoms with van der Waals surface area (Å²) in [5, 5.41) is 2.69. The number of rotatable bonds is 2. The lowest BCUT2D eigenvalue weighted by Gasteiger charge is -2.53. The van der Waals surface area contributed by atoms with Crippen LogP contribution in [0.25, 0.3) is 22.0 Å². The highest BCUT2D eigenvalue weighted by molar-refractivity contribution is 5.95. The molecule has 3 aliphatic rings. The van der Waals surface area contributed by atoms with Crippen molar-refractivity contribution >= 4 is 10.8 Å². The van der Waals surface area contributed by atoms with Crippen LogP contribution in [0.15, 0.2) is 54.7 Å². The Balaban J connectivity index is 1.55. The summed E-state index contributed by atoms with van der Waals surface area (Å²) in [4.78, 5) is 4.76. The van der Waals surface area contributed by atoms with Crippen LogP contribution in [0.3, 0.4) is 0 Å². The molecule has 0 aliphatic heterocycles. The van der Waals surface area contributed by atoms with Crippen molar-refractivity contribution in [1.29, 1.82) is 0 Å². The van der Waals surface area contributed by atoms with Crippen LogP contribution in [0, 0.1) is 17.3 Å². The van der Waals surface area contributed by atoms with Crippen LogP contribution in [0.5, 0.6) is 0 Å². The minimum absolute atomic E-state index is 0.663. The van der Waals surface area contributed by atoms with Crippen molar-refractivity contribution < 1.29 is 0 Å². The Labute approximate surface area is 155 Å². The number of hydrogen-bond donors (Lipinski definition) is 0. The fourth-order valence-electron chi connectivity index (χ4n) is 6.71. The van der Waals surface area contributed by atoms with Crippen LogP contribution in [-0.2, 0) is 6.42 Å². The van der Waals surface area contributed by atoms with Crippen molar-refractivity contribution in [2.45, 2.75) is 44.9 Å². The predicted octanol–water partition coefficient (Wildman–Crippen LogP) is 6.37. The molecular weight excluding hydrogens is 314 g/mol. The molecule has 2 fully saturated rings. The molecule has 4 unspecified atom stereocenters. The third-order valence-electron chi connectivity index (χ3n) is 8.03. The van der Waals surface area contributed by atoms with Gasteiger partial charge in [0.15, 0.2) is 0 Å². The number of pyridine rings is 1. The normalized spacial score (nSPS) is 31.3. The second-order valence-corrected chi connectivity index (χ2v) is 8.85. The van der Waals surface area contributed by atoms with Gasteiger partial charge in [0.05, 0.1) is 5.69 Å². The fourth-order valence-corrected chi connectivity index (χ4v) is 6.71. The highest BCUT2D eigenvalue weighted by Gasteiger charge is 2.60. The molecule has 0 radical (unpaired) electrons. The van der Waals surface area contributed by atoms with Gasteiger partial charge >= 0.3 is 0 Å². The van der Waals surface area contributed by atoms with Crippen LogP contribution < -0.4 is 0 Å². The molecule has 2 aromatic carbocycles. The zero-order valence-electron chi connectivity index (χ0n) is 15.4. The van der Waals surface area contributed by atoms with Crippen LogP contribution in [0.1, 0.15) is 49.7 Å². The van der Waals surface area contributed by atoms with E-state index in [9.17, 15) is 0 Å². The molecule has 1 aromatic heterocycles. The van der Waals surface area contributed by atoms with E-state index < -0.39 is 0 Å². The van der Waals surface area contributed by atoms with Gasteiger partial charge < -0.3 is 0 Å². The quantitative estimate of drug-likeness (QED) is 0.529. The summed E-state index contributed by atoms with van der Waals surface area (Å²) in [5.74, 6) is 2.71. The van der Waals surface area contributed by atoms with Crippen molar-refractivity contribution in [1.82, 2.24) is 4.98 Å². The molecular formula is C25H25N. The third kappa shape index (κ3) is 1.84. The molecule has 1 heteroatoms. The molecule has 0 amide bonds. The fraction of sp³-hybridized carbons (Fsp3) is 0.400. The summed E-state index contributed by atoms with van der Waals surface area (Å²) in [5.41, 5.74) is 6.30. The van der Waals surface area contributed by atoms with Crippen LogP contribution in [-0.4, -0.2) is 4.98 Å². The molecule has 3 aliphatic carbocycles. The van der Waals surface area contributed by atoms with Crippen molar-refractivity contribution in [2.75, 3.05) is 0 Å². The van der Waals surface area contributed by atoms with Crippen molar-refractivity contribution in [3.05, 3.63) is 65.9 Å². The van der Waals surface area contributed by atoms with Crippen molar-refractivity contribution in [3.8, 4) is 11.3 Å². The Morgan fingerprint density at radius 1 is 1.04 bits per heavy atom. The van der Waals surface area contributed by atoms with E-state index in [0.717, 1.165) is 23.4 Å². The Hall–Kier alpha value is -2.15. The second-order valence-electron chi connectivity index (χ2n) is 8.85. The molecule has 3 aromatic rings. The monoisotopic (exact) mass is 339 g/mol. The number of fused-ring (bicyclic) bond motifs is 4. The summed E-state index contributed by atoms with van der Waals surface area (Å²) < 4.78 is 0. The van der Waals surface area contributed by atoms with Gasteiger partial charge in [-0.3, -0.25) is 4.98 Å². The lowest BCUT2D eigenvalue weighted by atomic mass is 9.52.